The van der Waals surface area contributed by atoms with E-state index in [0.717, 1.165) is 5.56 Å². The van der Waals surface area contributed by atoms with Crippen molar-refractivity contribution in [3.8, 4) is 6.07 Å². The van der Waals surface area contributed by atoms with E-state index in [-0.39, 0.29) is 11.6 Å². The van der Waals surface area contributed by atoms with Crippen molar-refractivity contribution in [2.24, 2.45) is 0 Å². The van der Waals surface area contributed by atoms with E-state index in [1.54, 1.807) is 0 Å². The van der Waals surface area contributed by atoms with Crippen LogP contribution in [0.3, 0.4) is 0 Å². The minimum atomic E-state index is -0.442. The number of nitrogens with one attached hydrogen (secondary N) is 2. The van der Waals surface area contributed by atoms with Crippen molar-refractivity contribution in [3.05, 3.63) is 47.7 Å². The predicted octanol–water partition coefficient (Wildman–Crippen LogP) is 1.48. The number of hydrogen-bond acceptors (Lipinski definition) is 5. The van der Waals surface area contributed by atoms with Crippen LogP contribution in [0.1, 0.15) is 18.5 Å². The quantitative estimate of drug-likeness (QED) is 0.432. The lowest BCUT2D eigenvalue weighted by molar-refractivity contribution is -0.117. The van der Waals surface area contributed by atoms with Gasteiger partial charge in [-0.05, 0) is 12.5 Å². The normalized spacial score (nSPS) is 12.6. The summed E-state index contributed by atoms with van der Waals surface area (Å²) in [7, 11) is 3.03. The Kier molecular flexibility index (Phi) is 7.68. The summed E-state index contributed by atoms with van der Waals surface area (Å²) < 4.78 is 10.0. The SMILES string of the molecule is COC(CN/C=C(/C#N)C(=O)NC(C)c1ccccc1)OC. The van der Waals surface area contributed by atoms with Crippen LogP contribution in [-0.4, -0.2) is 33.0 Å². The molecule has 22 heavy (non-hydrogen) atoms. The smallest absolute Gasteiger partial charge is 0.263 e. The third kappa shape index (κ3) is 5.56. The Bertz CT molecular complexity index is 533. The molecule has 0 aliphatic rings. The van der Waals surface area contributed by atoms with Crippen LogP contribution in [0.25, 0.3) is 0 Å². The fraction of sp³-hybridized carbons (Fsp3) is 0.375. The fourth-order valence-electron chi connectivity index (χ4n) is 1.77. The number of amides is 1. The number of carbonyl (C=O) groups is 1. The van der Waals surface area contributed by atoms with E-state index in [0.29, 0.717) is 6.54 Å². The molecule has 6 heteroatoms. The van der Waals surface area contributed by atoms with Crippen LogP contribution in [0, 0.1) is 11.3 Å². The molecule has 0 aliphatic carbocycles. The molecule has 0 heterocycles. The van der Waals surface area contributed by atoms with Gasteiger partial charge in [0, 0.05) is 20.4 Å². The third-order valence-electron chi connectivity index (χ3n) is 3.07. The van der Waals surface area contributed by atoms with E-state index in [4.69, 9.17) is 14.7 Å². The average Bonchev–Trinajstić information content (AvgIpc) is 2.55. The summed E-state index contributed by atoms with van der Waals surface area (Å²) in [6.07, 6.45) is 0.917. The van der Waals surface area contributed by atoms with Gasteiger partial charge >= 0.3 is 0 Å². The second kappa shape index (κ2) is 9.55. The minimum Gasteiger partial charge on any atom is -0.385 e. The van der Waals surface area contributed by atoms with Gasteiger partial charge in [0.1, 0.15) is 11.6 Å². The van der Waals surface area contributed by atoms with Gasteiger partial charge in [-0.3, -0.25) is 4.79 Å². The number of ether oxygens (including phenoxy) is 2. The zero-order valence-corrected chi connectivity index (χ0v) is 13.0. The van der Waals surface area contributed by atoms with E-state index < -0.39 is 12.2 Å². The van der Waals surface area contributed by atoms with Crippen LogP contribution < -0.4 is 10.6 Å². The summed E-state index contributed by atoms with van der Waals surface area (Å²) in [5, 5.41) is 14.7. The molecule has 1 rings (SSSR count). The molecule has 0 aliphatic heterocycles. The van der Waals surface area contributed by atoms with Crippen molar-refractivity contribution in [1.82, 2.24) is 10.6 Å². The molecule has 0 bridgehead atoms. The van der Waals surface area contributed by atoms with E-state index in [2.05, 4.69) is 10.6 Å². The zero-order valence-electron chi connectivity index (χ0n) is 13.0. The molecule has 1 unspecified atom stereocenters. The average molecular weight is 303 g/mol. The highest BCUT2D eigenvalue weighted by atomic mass is 16.7. The maximum Gasteiger partial charge on any atom is 0.263 e. The summed E-state index contributed by atoms with van der Waals surface area (Å²) in [4.78, 5) is 12.1. The van der Waals surface area contributed by atoms with Crippen molar-refractivity contribution in [1.29, 1.82) is 5.26 Å². The minimum absolute atomic E-state index is 0.00580. The molecule has 0 saturated heterocycles. The van der Waals surface area contributed by atoms with Gasteiger partial charge in [-0.2, -0.15) is 5.26 Å². The first-order valence-corrected chi connectivity index (χ1v) is 6.87. The lowest BCUT2D eigenvalue weighted by atomic mass is 10.1. The molecule has 0 saturated carbocycles. The maximum absolute atomic E-state index is 12.1. The first-order valence-electron chi connectivity index (χ1n) is 6.87. The van der Waals surface area contributed by atoms with Crippen LogP contribution in [0.5, 0.6) is 0 Å². The largest absolute Gasteiger partial charge is 0.385 e. The van der Waals surface area contributed by atoms with Gasteiger partial charge < -0.3 is 20.1 Å². The van der Waals surface area contributed by atoms with Crippen molar-refractivity contribution >= 4 is 5.91 Å². The van der Waals surface area contributed by atoms with Crippen molar-refractivity contribution in [2.45, 2.75) is 19.3 Å². The predicted molar refractivity (Wildman–Crippen MR) is 82.5 cm³/mol. The summed E-state index contributed by atoms with van der Waals surface area (Å²) in [5.41, 5.74) is 0.966. The molecular formula is C16H21N3O3. The number of carbonyl (C=O) groups excluding carboxylic acids is 1. The Hall–Kier alpha value is -2.36. The molecule has 118 valence electrons. The highest BCUT2D eigenvalue weighted by Gasteiger charge is 2.13. The molecular weight excluding hydrogens is 282 g/mol. The second-order valence-corrected chi connectivity index (χ2v) is 4.58. The summed E-state index contributed by atoms with van der Waals surface area (Å²) >= 11 is 0. The third-order valence-corrected chi connectivity index (χ3v) is 3.07. The monoisotopic (exact) mass is 303 g/mol. The van der Waals surface area contributed by atoms with Crippen LogP contribution in [0.15, 0.2) is 42.1 Å². The standard InChI is InChI=1S/C16H21N3O3/c1-12(13-7-5-4-6-8-13)19-16(20)14(9-17)10-18-11-15(21-2)22-3/h4-8,10,12,15,18H,11H2,1-3H3,(H,19,20)/b14-10-. The number of nitriles is 1. The Morgan fingerprint density at radius 2 is 1.95 bits per heavy atom. The number of benzene rings is 1. The van der Waals surface area contributed by atoms with E-state index in [9.17, 15) is 4.79 Å². The first-order chi connectivity index (χ1) is 10.6. The summed E-state index contributed by atoms with van der Waals surface area (Å²) in [6, 6.07) is 11.2. The molecule has 0 spiro atoms. The molecule has 2 N–H and O–H groups in total. The van der Waals surface area contributed by atoms with Gasteiger partial charge in [0.05, 0.1) is 12.6 Å². The van der Waals surface area contributed by atoms with Crippen molar-refractivity contribution in [3.63, 3.8) is 0 Å². The van der Waals surface area contributed by atoms with Gasteiger partial charge in [-0.25, -0.2) is 0 Å². The molecule has 1 aromatic rings. The zero-order chi connectivity index (χ0) is 16.4. The van der Waals surface area contributed by atoms with Gasteiger partial charge in [0.15, 0.2) is 6.29 Å². The summed E-state index contributed by atoms with van der Waals surface area (Å²) in [6.45, 7) is 2.20. The van der Waals surface area contributed by atoms with E-state index in [1.165, 1.54) is 20.4 Å². The fourth-order valence-corrected chi connectivity index (χ4v) is 1.77. The Balaban J connectivity index is 2.59. The van der Waals surface area contributed by atoms with Gasteiger partial charge in [0.2, 0.25) is 0 Å². The van der Waals surface area contributed by atoms with Gasteiger partial charge in [-0.15, -0.1) is 0 Å². The molecule has 0 aromatic heterocycles. The van der Waals surface area contributed by atoms with Crippen LogP contribution in [0.2, 0.25) is 0 Å². The van der Waals surface area contributed by atoms with E-state index >= 15 is 0 Å². The lowest BCUT2D eigenvalue weighted by Crippen LogP contribution is -2.30. The number of rotatable bonds is 8. The van der Waals surface area contributed by atoms with Gasteiger partial charge in [-0.1, -0.05) is 30.3 Å². The highest BCUT2D eigenvalue weighted by molar-refractivity contribution is 5.97. The summed E-state index contributed by atoms with van der Waals surface area (Å²) in [5.74, 6) is -0.433. The van der Waals surface area contributed by atoms with E-state index in [1.807, 2.05) is 43.3 Å². The molecule has 6 nitrogen and oxygen atoms in total. The first kappa shape index (κ1) is 17.7. The lowest BCUT2D eigenvalue weighted by Gasteiger charge is -2.15. The van der Waals surface area contributed by atoms with Crippen molar-refractivity contribution < 1.29 is 14.3 Å². The topological polar surface area (TPSA) is 83.4 Å². The molecule has 1 atom stereocenters. The van der Waals surface area contributed by atoms with Crippen LogP contribution in [0.4, 0.5) is 0 Å². The molecule has 0 radical (unpaired) electrons. The van der Waals surface area contributed by atoms with Crippen LogP contribution >= 0.6 is 0 Å². The Morgan fingerprint density at radius 1 is 1.32 bits per heavy atom. The Morgan fingerprint density at radius 3 is 2.50 bits per heavy atom. The highest BCUT2D eigenvalue weighted by Crippen LogP contribution is 2.11. The number of hydrogen-bond donors (Lipinski definition) is 2. The number of methoxy groups -OCH3 is 2. The maximum atomic E-state index is 12.1. The van der Waals surface area contributed by atoms with Gasteiger partial charge in [0.25, 0.3) is 5.91 Å². The van der Waals surface area contributed by atoms with Crippen molar-refractivity contribution in [2.75, 3.05) is 20.8 Å². The number of nitrogens with zero attached hydrogens (tertiary/aromatic N) is 1. The molecule has 0 fully saturated rings. The second-order valence-electron chi connectivity index (χ2n) is 4.58. The van der Waals surface area contributed by atoms with Crippen LogP contribution in [-0.2, 0) is 14.3 Å². The molecule has 1 amide bonds. The molecule has 1 aromatic carbocycles. The Labute approximate surface area is 130 Å².